The Bertz CT molecular complexity index is 362. The normalized spacial score (nSPS) is 21.9. The van der Waals surface area contributed by atoms with Crippen LogP contribution in [0.3, 0.4) is 0 Å². The number of hydrogen-bond donors (Lipinski definition) is 2. The van der Waals surface area contributed by atoms with E-state index >= 15 is 0 Å². The van der Waals surface area contributed by atoms with Crippen molar-refractivity contribution in [2.75, 3.05) is 13.1 Å². The van der Waals surface area contributed by atoms with Gasteiger partial charge in [0.1, 0.15) is 0 Å². The van der Waals surface area contributed by atoms with Crippen molar-refractivity contribution in [1.29, 1.82) is 0 Å². The summed E-state index contributed by atoms with van der Waals surface area (Å²) in [4.78, 5) is 11.4. The first-order chi connectivity index (χ1) is 7.27. The molecule has 80 valence electrons. The van der Waals surface area contributed by atoms with Crippen LogP contribution >= 0.6 is 0 Å². The molecule has 15 heavy (non-hydrogen) atoms. The molecule has 1 aromatic carbocycles. The molecule has 1 aliphatic heterocycles. The van der Waals surface area contributed by atoms with Crippen LogP contribution in [-0.2, 0) is 4.79 Å². The Labute approximate surface area is 89.9 Å². The molecular formula is C12H16N2O. The molecule has 0 spiro atoms. The average molecular weight is 204 g/mol. The van der Waals surface area contributed by atoms with Crippen molar-refractivity contribution in [3.8, 4) is 0 Å². The number of carbonyl (C=O) groups excluding carboxylic acids is 1. The Morgan fingerprint density at radius 2 is 2.13 bits per heavy atom. The third-order valence-electron chi connectivity index (χ3n) is 2.78. The minimum absolute atomic E-state index is 0.112. The van der Waals surface area contributed by atoms with E-state index in [1.807, 2.05) is 12.1 Å². The number of hydrogen-bond acceptors (Lipinski definition) is 2. The van der Waals surface area contributed by atoms with Crippen LogP contribution in [0.15, 0.2) is 24.3 Å². The quantitative estimate of drug-likeness (QED) is 0.720. The fourth-order valence-electron chi connectivity index (χ4n) is 1.93. The van der Waals surface area contributed by atoms with E-state index in [4.69, 9.17) is 0 Å². The fraction of sp³-hybridized carbons (Fsp3) is 0.417. The molecule has 1 heterocycles. The number of carbonyl (C=O) groups is 1. The predicted molar refractivity (Wildman–Crippen MR) is 59.5 cm³/mol. The van der Waals surface area contributed by atoms with Crippen molar-refractivity contribution >= 4 is 5.91 Å². The van der Waals surface area contributed by atoms with Gasteiger partial charge >= 0.3 is 0 Å². The molecule has 3 nitrogen and oxygen atoms in total. The first-order valence-electron chi connectivity index (χ1n) is 5.33. The average Bonchev–Trinajstić information content (AvgIpc) is 2.43. The molecule has 0 saturated carbocycles. The highest BCUT2D eigenvalue weighted by Gasteiger charge is 2.18. The van der Waals surface area contributed by atoms with Gasteiger partial charge in [-0.25, -0.2) is 0 Å². The summed E-state index contributed by atoms with van der Waals surface area (Å²) in [6.45, 7) is 3.66. The Morgan fingerprint density at radius 3 is 2.93 bits per heavy atom. The van der Waals surface area contributed by atoms with Crippen molar-refractivity contribution in [1.82, 2.24) is 10.6 Å². The van der Waals surface area contributed by atoms with Gasteiger partial charge in [-0.15, -0.1) is 0 Å². The second-order valence-corrected chi connectivity index (χ2v) is 3.93. The molecule has 0 radical (unpaired) electrons. The maximum Gasteiger partial charge on any atom is 0.221 e. The smallest absolute Gasteiger partial charge is 0.221 e. The molecule has 1 fully saturated rings. The minimum Gasteiger partial charge on any atom is -0.348 e. The minimum atomic E-state index is 0.112. The monoisotopic (exact) mass is 204 g/mol. The lowest BCUT2D eigenvalue weighted by atomic mass is 10.0. The Morgan fingerprint density at radius 1 is 1.33 bits per heavy atom. The maximum atomic E-state index is 11.4. The van der Waals surface area contributed by atoms with Crippen LogP contribution < -0.4 is 10.6 Å². The first-order valence-corrected chi connectivity index (χ1v) is 5.33. The molecule has 0 aromatic heterocycles. The van der Waals surface area contributed by atoms with Crippen molar-refractivity contribution in [3.63, 3.8) is 0 Å². The highest BCUT2D eigenvalue weighted by molar-refractivity contribution is 5.77. The lowest BCUT2D eigenvalue weighted by molar-refractivity contribution is -0.121. The van der Waals surface area contributed by atoms with Crippen LogP contribution in [0.1, 0.15) is 23.6 Å². The van der Waals surface area contributed by atoms with Gasteiger partial charge < -0.3 is 10.6 Å². The molecule has 1 aromatic rings. The molecule has 3 heteroatoms. The molecule has 2 rings (SSSR count). The largest absolute Gasteiger partial charge is 0.348 e. The Balaban J connectivity index is 2.22. The molecule has 1 amide bonds. The van der Waals surface area contributed by atoms with E-state index in [9.17, 15) is 4.79 Å². The number of amides is 1. The second kappa shape index (κ2) is 4.45. The molecular weight excluding hydrogens is 188 g/mol. The predicted octanol–water partition coefficient (Wildman–Crippen LogP) is 1.15. The van der Waals surface area contributed by atoms with Crippen LogP contribution in [0.5, 0.6) is 0 Å². The van der Waals surface area contributed by atoms with E-state index in [1.165, 1.54) is 11.1 Å². The third kappa shape index (κ3) is 2.36. The van der Waals surface area contributed by atoms with E-state index in [2.05, 4.69) is 29.7 Å². The van der Waals surface area contributed by atoms with Crippen LogP contribution in [0.2, 0.25) is 0 Å². The molecule has 0 bridgehead atoms. The number of benzene rings is 1. The molecule has 1 unspecified atom stereocenters. The highest BCUT2D eigenvalue weighted by Crippen LogP contribution is 2.17. The number of aryl methyl sites for hydroxylation is 1. The molecule has 0 aliphatic carbocycles. The van der Waals surface area contributed by atoms with Crippen molar-refractivity contribution in [2.45, 2.75) is 19.4 Å². The summed E-state index contributed by atoms with van der Waals surface area (Å²) in [5.74, 6) is 0.133. The number of rotatable bonds is 1. The first kappa shape index (κ1) is 10.2. The van der Waals surface area contributed by atoms with Gasteiger partial charge in [-0.3, -0.25) is 4.79 Å². The van der Waals surface area contributed by atoms with Crippen LogP contribution in [-0.4, -0.2) is 19.0 Å². The van der Waals surface area contributed by atoms with Gasteiger partial charge in [0.05, 0.1) is 6.04 Å². The molecule has 2 N–H and O–H groups in total. The van der Waals surface area contributed by atoms with Crippen LogP contribution in [0.25, 0.3) is 0 Å². The maximum absolute atomic E-state index is 11.4. The van der Waals surface area contributed by atoms with Gasteiger partial charge in [-0.2, -0.15) is 0 Å². The standard InChI is InChI=1S/C12H16N2O/c1-9-4-2-3-5-10(9)11-8-13-7-6-12(15)14-11/h2-5,11,13H,6-8H2,1H3,(H,14,15). The summed E-state index contributed by atoms with van der Waals surface area (Å²) in [7, 11) is 0. The Hall–Kier alpha value is -1.35. The van der Waals surface area contributed by atoms with Gasteiger partial charge in [0.2, 0.25) is 5.91 Å². The van der Waals surface area contributed by atoms with E-state index in [0.29, 0.717) is 6.42 Å². The molecule has 1 atom stereocenters. The zero-order chi connectivity index (χ0) is 10.7. The zero-order valence-corrected chi connectivity index (χ0v) is 8.92. The summed E-state index contributed by atoms with van der Waals surface area (Å²) < 4.78 is 0. The van der Waals surface area contributed by atoms with Gasteiger partial charge in [-0.05, 0) is 18.1 Å². The van der Waals surface area contributed by atoms with Crippen molar-refractivity contribution in [2.24, 2.45) is 0 Å². The van der Waals surface area contributed by atoms with Gasteiger partial charge in [0.15, 0.2) is 0 Å². The lowest BCUT2D eigenvalue weighted by Gasteiger charge is -2.18. The zero-order valence-electron chi connectivity index (χ0n) is 8.92. The van der Waals surface area contributed by atoms with E-state index in [1.54, 1.807) is 0 Å². The summed E-state index contributed by atoms with van der Waals surface area (Å²) in [5.41, 5.74) is 2.44. The van der Waals surface area contributed by atoms with Crippen LogP contribution in [0.4, 0.5) is 0 Å². The molecule has 1 saturated heterocycles. The van der Waals surface area contributed by atoms with E-state index < -0.39 is 0 Å². The van der Waals surface area contributed by atoms with Crippen molar-refractivity contribution in [3.05, 3.63) is 35.4 Å². The van der Waals surface area contributed by atoms with Crippen LogP contribution in [0, 0.1) is 6.92 Å². The second-order valence-electron chi connectivity index (χ2n) is 3.93. The highest BCUT2D eigenvalue weighted by atomic mass is 16.1. The van der Waals surface area contributed by atoms with Gasteiger partial charge in [0, 0.05) is 19.5 Å². The number of nitrogens with one attached hydrogen (secondary N) is 2. The summed E-state index contributed by atoms with van der Waals surface area (Å²) in [6.07, 6.45) is 0.572. The molecule has 1 aliphatic rings. The van der Waals surface area contributed by atoms with Gasteiger partial charge in [0.25, 0.3) is 0 Å². The summed E-state index contributed by atoms with van der Waals surface area (Å²) in [5, 5.41) is 6.30. The van der Waals surface area contributed by atoms with Crippen molar-refractivity contribution < 1.29 is 4.79 Å². The Kier molecular flexibility index (Phi) is 3.02. The lowest BCUT2D eigenvalue weighted by Crippen LogP contribution is -2.30. The topological polar surface area (TPSA) is 41.1 Å². The summed E-state index contributed by atoms with van der Waals surface area (Å²) in [6, 6.07) is 8.30. The SMILES string of the molecule is Cc1ccccc1C1CNCCC(=O)N1. The third-order valence-corrected chi connectivity index (χ3v) is 2.78. The van der Waals surface area contributed by atoms with E-state index in [-0.39, 0.29) is 11.9 Å². The van der Waals surface area contributed by atoms with Gasteiger partial charge in [-0.1, -0.05) is 24.3 Å². The summed E-state index contributed by atoms with van der Waals surface area (Å²) >= 11 is 0. The van der Waals surface area contributed by atoms with E-state index in [0.717, 1.165) is 13.1 Å². The fourth-order valence-corrected chi connectivity index (χ4v) is 1.93.